The lowest BCUT2D eigenvalue weighted by Gasteiger charge is -1.91. The fraction of sp³-hybridized carbons (Fsp3) is 0.273. The molecule has 1 aromatic heterocycles. The summed E-state index contributed by atoms with van der Waals surface area (Å²) in [6.45, 7) is 2.14. The van der Waals surface area contributed by atoms with Crippen LogP contribution in [0.1, 0.15) is 21.9 Å². The van der Waals surface area contributed by atoms with E-state index in [0.717, 1.165) is 5.56 Å². The monoisotopic (exact) mass is 204 g/mol. The molecule has 0 radical (unpaired) electrons. The molecular weight excluding hydrogens is 192 g/mol. The maximum absolute atomic E-state index is 11.2. The predicted octanol–water partition coefficient (Wildman–Crippen LogP) is 1.000. The number of aryl methyl sites for hydroxylation is 1. The van der Waals surface area contributed by atoms with E-state index in [2.05, 4.69) is 16.2 Å². The van der Waals surface area contributed by atoms with Gasteiger partial charge in [0.15, 0.2) is 5.76 Å². The van der Waals surface area contributed by atoms with E-state index in [1.807, 2.05) is 6.92 Å². The first-order valence-corrected chi connectivity index (χ1v) is 4.45. The molecule has 0 bridgehead atoms. The van der Waals surface area contributed by atoms with E-state index in [-0.39, 0.29) is 11.7 Å². The zero-order valence-corrected chi connectivity index (χ0v) is 8.70. The third kappa shape index (κ3) is 2.71. The molecule has 0 unspecified atom stereocenters. The number of carbonyl (C=O) groups excluding carboxylic acids is 1. The van der Waals surface area contributed by atoms with Crippen LogP contribution < -0.4 is 5.32 Å². The molecule has 0 atom stereocenters. The van der Waals surface area contributed by atoms with Gasteiger partial charge in [-0.05, 0) is 18.6 Å². The van der Waals surface area contributed by atoms with E-state index in [0.29, 0.717) is 12.3 Å². The summed E-state index contributed by atoms with van der Waals surface area (Å²) in [5.41, 5.74) is 0.856. The van der Waals surface area contributed by atoms with Crippen molar-refractivity contribution in [2.75, 3.05) is 13.6 Å². The minimum Gasteiger partial charge on any atom is -0.450 e. The lowest BCUT2D eigenvalue weighted by atomic mass is 10.3. The van der Waals surface area contributed by atoms with Crippen LogP contribution >= 0.6 is 0 Å². The van der Waals surface area contributed by atoms with Crippen molar-refractivity contribution >= 4 is 12.1 Å². The molecule has 0 saturated heterocycles. The van der Waals surface area contributed by atoms with Gasteiger partial charge in [0.1, 0.15) is 5.76 Å². The average molecular weight is 204 g/mol. The van der Waals surface area contributed by atoms with Gasteiger partial charge in [-0.25, -0.2) is 0 Å². The van der Waals surface area contributed by atoms with Crippen molar-refractivity contribution in [1.82, 2.24) is 5.32 Å². The number of hydrogen-bond donors (Lipinski definition) is 1. The summed E-state index contributed by atoms with van der Waals surface area (Å²) in [7, 11) is 1.55. The summed E-state index contributed by atoms with van der Waals surface area (Å²) >= 11 is 0. The molecule has 0 aliphatic rings. The third-order valence-corrected chi connectivity index (χ3v) is 1.80. The standard InChI is InChI=1S/C11H12N2O2/c1-4-5-13-7-10-8(2)6-9(15-10)11(14)12-3/h1,6-7H,5H2,2-3H3,(H,12,14). The Morgan fingerprint density at radius 3 is 3.13 bits per heavy atom. The van der Waals surface area contributed by atoms with E-state index >= 15 is 0 Å². The third-order valence-electron chi connectivity index (χ3n) is 1.80. The van der Waals surface area contributed by atoms with Crippen LogP contribution in [0.5, 0.6) is 0 Å². The number of aliphatic imine (C=N–C) groups is 1. The normalized spacial score (nSPS) is 10.2. The second-order valence-electron chi connectivity index (χ2n) is 2.91. The lowest BCUT2D eigenvalue weighted by molar-refractivity contribution is 0.0935. The summed E-state index contributed by atoms with van der Waals surface area (Å²) in [6, 6.07) is 1.66. The molecular formula is C11H12N2O2. The highest BCUT2D eigenvalue weighted by atomic mass is 16.4. The number of carbonyl (C=O) groups is 1. The Balaban J connectivity index is 2.87. The molecule has 78 valence electrons. The number of amides is 1. The molecule has 1 heterocycles. The van der Waals surface area contributed by atoms with Crippen molar-refractivity contribution in [3.05, 3.63) is 23.2 Å². The smallest absolute Gasteiger partial charge is 0.286 e. The maximum atomic E-state index is 11.2. The highest BCUT2D eigenvalue weighted by molar-refractivity contribution is 5.92. The van der Waals surface area contributed by atoms with Gasteiger partial charge in [0.2, 0.25) is 0 Å². The number of nitrogens with one attached hydrogen (secondary N) is 1. The van der Waals surface area contributed by atoms with E-state index in [1.54, 1.807) is 13.1 Å². The van der Waals surface area contributed by atoms with Crippen molar-refractivity contribution in [2.24, 2.45) is 4.99 Å². The first-order chi connectivity index (χ1) is 7.19. The molecule has 4 nitrogen and oxygen atoms in total. The minimum absolute atomic E-state index is 0.255. The van der Waals surface area contributed by atoms with Crippen LogP contribution in [0.3, 0.4) is 0 Å². The van der Waals surface area contributed by atoms with E-state index in [9.17, 15) is 4.79 Å². The Bertz CT molecular complexity index is 424. The molecule has 0 aliphatic carbocycles. The second kappa shape index (κ2) is 5.01. The Kier molecular flexibility index (Phi) is 3.69. The van der Waals surface area contributed by atoms with Crippen LogP contribution in [0, 0.1) is 19.3 Å². The van der Waals surface area contributed by atoms with Gasteiger partial charge >= 0.3 is 0 Å². The first kappa shape index (κ1) is 11.1. The molecule has 4 heteroatoms. The Morgan fingerprint density at radius 1 is 1.80 bits per heavy atom. The van der Waals surface area contributed by atoms with E-state index < -0.39 is 0 Å². The summed E-state index contributed by atoms with van der Waals surface area (Å²) in [4.78, 5) is 15.2. The largest absolute Gasteiger partial charge is 0.450 e. The van der Waals surface area contributed by atoms with Gasteiger partial charge in [-0.15, -0.1) is 6.42 Å². The van der Waals surface area contributed by atoms with E-state index in [1.165, 1.54) is 6.21 Å². The van der Waals surface area contributed by atoms with Crippen molar-refractivity contribution in [1.29, 1.82) is 0 Å². The number of rotatable bonds is 3. The predicted molar refractivity (Wildman–Crippen MR) is 58.1 cm³/mol. The molecule has 0 aliphatic heterocycles. The maximum Gasteiger partial charge on any atom is 0.286 e. The zero-order valence-electron chi connectivity index (χ0n) is 8.70. The molecule has 1 rings (SSSR count). The van der Waals surface area contributed by atoms with Gasteiger partial charge in [0.25, 0.3) is 5.91 Å². The van der Waals surface area contributed by atoms with Crippen LogP contribution in [-0.4, -0.2) is 25.7 Å². The topological polar surface area (TPSA) is 54.6 Å². The number of terminal acetylenes is 1. The number of nitrogens with zero attached hydrogens (tertiary/aromatic N) is 1. The fourth-order valence-electron chi connectivity index (χ4n) is 1.04. The van der Waals surface area contributed by atoms with E-state index in [4.69, 9.17) is 10.8 Å². The number of hydrogen-bond acceptors (Lipinski definition) is 3. The molecule has 0 fully saturated rings. The van der Waals surface area contributed by atoms with Crippen molar-refractivity contribution in [3.63, 3.8) is 0 Å². The van der Waals surface area contributed by atoms with Gasteiger partial charge in [0.05, 0.1) is 12.8 Å². The molecule has 1 N–H and O–H groups in total. The fourth-order valence-corrected chi connectivity index (χ4v) is 1.04. The molecule has 1 amide bonds. The van der Waals surface area contributed by atoms with Crippen LogP contribution in [0.4, 0.5) is 0 Å². The zero-order chi connectivity index (χ0) is 11.3. The average Bonchev–Trinajstić information content (AvgIpc) is 2.60. The van der Waals surface area contributed by atoms with Crippen molar-refractivity contribution in [2.45, 2.75) is 6.92 Å². The van der Waals surface area contributed by atoms with Gasteiger partial charge in [0, 0.05) is 7.05 Å². The Morgan fingerprint density at radius 2 is 2.53 bits per heavy atom. The van der Waals surface area contributed by atoms with Crippen molar-refractivity contribution in [3.8, 4) is 12.3 Å². The highest BCUT2D eigenvalue weighted by Crippen LogP contribution is 2.12. The van der Waals surface area contributed by atoms with Gasteiger partial charge in [-0.2, -0.15) is 0 Å². The second-order valence-corrected chi connectivity index (χ2v) is 2.91. The van der Waals surface area contributed by atoms with Crippen LogP contribution in [0.2, 0.25) is 0 Å². The quantitative estimate of drug-likeness (QED) is 0.590. The van der Waals surface area contributed by atoms with Crippen LogP contribution in [-0.2, 0) is 0 Å². The summed E-state index contributed by atoms with van der Waals surface area (Å²) in [6.07, 6.45) is 6.58. The van der Waals surface area contributed by atoms with Gasteiger partial charge < -0.3 is 9.73 Å². The Hall–Kier alpha value is -2.02. The van der Waals surface area contributed by atoms with Crippen molar-refractivity contribution < 1.29 is 9.21 Å². The summed E-state index contributed by atoms with van der Waals surface area (Å²) in [5, 5.41) is 2.48. The Labute approximate surface area is 88.4 Å². The molecule has 0 spiro atoms. The SMILES string of the molecule is C#CCN=Cc1oc(C(=O)NC)cc1C. The van der Waals surface area contributed by atoms with Crippen LogP contribution in [0.25, 0.3) is 0 Å². The molecule has 0 saturated carbocycles. The molecule has 15 heavy (non-hydrogen) atoms. The lowest BCUT2D eigenvalue weighted by Crippen LogP contribution is -2.16. The van der Waals surface area contributed by atoms with Crippen LogP contribution in [0.15, 0.2) is 15.5 Å². The van der Waals surface area contributed by atoms with Gasteiger partial charge in [-0.3, -0.25) is 9.79 Å². The molecule has 1 aromatic rings. The highest BCUT2D eigenvalue weighted by Gasteiger charge is 2.11. The first-order valence-electron chi connectivity index (χ1n) is 4.45. The molecule has 0 aromatic carbocycles. The summed E-state index contributed by atoms with van der Waals surface area (Å²) < 4.78 is 5.28. The minimum atomic E-state index is -0.255. The number of furan rings is 1. The van der Waals surface area contributed by atoms with Gasteiger partial charge in [-0.1, -0.05) is 5.92 Å². The summed E-state index contributed by atoms with van der Waals surface area (Å²) in [5.74, 6) is 2.96.